The van der Waals surface area contributed by atoms with Crippen LogP contribution in [0.2, 0.25) is 0 Å². The Bertz CT molecular complexity index is 387. The summed E-state index contributed by atoms with van der Waals surface area (Å²) in [5.74, 6) is 0.669. The molecule has 2 heterocycles. The third kappa shape index (κ3) is 2.79. The van der Waals surface area contributed by atoms with Gasteiger partial charge in [-0.15, -0.1) is 12.4 Å². The van der Waals surface area contributed by atoms with Gasteiger partial charge in [-0.3, -0.25) is 9.59 Å². The Morgan fingerprint density at radius 1 is 1.30 bits per heavy atom. The maximum atomic E-state index is 12.7. The van der Waals surface area contributed by atoms with Crippen LogP contribution in [-0.4, -0.2) is 48.4 Å². The minimum Gasteiger partial charge on any atom is -0.350 e. The molecule has 3 rings (SSSR count). The Labute approximate surface area is 126 Å². The lowest BCUT2D eigenvalue weighted by molar-refractivity contribution is -0.148. The van der Waals surface area contributed by atoms with Crippen LogP contribution in [0.4, 0.5) is 0 Å². The highest BCUT2D eigenvalue weighted by Gasteiger charge is 2.41. The first-order valence-electron chi connectivity index (χ1n) is 7.47. The van der Waals surface area contributed by atoms with Gasteiger partial charge < -0.3 is 15.5 Å². The molecule has 2 amide bonds. The standard InChI is InChI=1S/C14H23N3O2.ClH/c1-9(10-6-15-7-10)14(19)17-8-13(18)16-11-4-2-3-5-12(11)17;/h9-12,15H,2-8H2,1H3,(H,16,18);1H. The van der Waals surface area contributed by atoms with Crippen molar-refractivity contribution in [2.75, 3.05) is 19.6 Å². The fourth-order valence-corrected chi connectivity index (χ4v) is 3.55. The van der Waals surface area contributed by atoms with Gasteiger partial charge in [0.1, 0.15) is 0 Å². The van der Waals surface area contributed by atoms with Gasteiger partial charge in [-0.2, -0.15) is 0 Å². The van der Waals surface area contributed by atoms with Crippen molar-refractivity contribution < 1.29 is 9.59 Å². The first kappa shape index (κ1) is 15.6. The molecule has 0 radical (unpaired) electrons. The van der Waals surface area contributed by atoms with Crippen LogP contribution in [0.1, 0.15) is 32.6 Å². The number of amides is 2. The summed E-state index contributed by atoms with van der Waals surface area (Å²) in [4.78, 5) is 26.3. The zero-order valence-electron chi connectivity index (χ0n) is 11.9. The van der Waals surface area contributed by atoms with Crippen LogP contribution in [0.15, 0.2) is 0 Å². The van der Waals surface area contributed by atoms with Crippen LogP contribution in [0, 0.1) is 11.8 Å². The lowest BCUT2D eigenvalue weighted by Crippen LogP contribution is -2.64. The number of rotatable bonds is 2. The van der Waals surface area contributed by atoms with Crippen molar-refractivity contribution >= 4 is 24.2 Å². The molecule has 0 aromatic carbocycles. The number of halogens is 1. The van der Waals surface area contributed by atoms with Crippen molar-refractivity contribution in [2.24, 2.45) is 11.8 Å². The van der Waals surface area contributed by atoms with Gasteiger partial charge in [-0.1, -0.05) is 19.8 Å². The number of carbonyl (C=O) groups is 2. The van der Waals surface area contributed by atoms with E-state index in [9.17, 15) is 9.59 Å². The zero-order valence-corrected chi connectivity index (χ0v) is 12.7. The molecule has 2 aliphatic heterocycles. The summed E-state index contributed by atoms with van der Waals surface area (Å²) in [7, 11) is 0. The molecule has 0 bridgehead atoms. The molecule has 0 aromatic heterocycles. The average molecular weight is 302 g/mol. The summed E-state index contributed by atoms with van der Waals surface area (Å²) < 4.78 is 0. The van der Waals surface area contributed by atoms with E-state index in [1.807, 2.05) is 11.8 Å². The number of carbonyl (C=O) groups excluding carboxylic acids is 2. The second-order valence-corrected chi connectivity index (χ2v) is 6.20. The van der Waals surface area contributed by atoms with E-state index in [2.05, 4.69) is 10.6 Å². The van der Waals surface area contributed by atoms with E-state index in [0.29, 0.717) is 5.92 Å². The summed E-state index contributed by atoms with van der Waals surface area (Å²) in [5.41, 5.74) is 0. The van der Waals surface area contributed by atoms with E-state index in [1.54, 1.807) is 0 Å². The van der Waals surface area contributed by atoms with Gasteiger partial charge in [0.25, 0.3) is 0 Å². The highest BCUT2D eigenvalue weighted by molar-refractivity contribution is 5.87. The van der Waals surface area contributed by atoms with Gasteiger partial charge in [0.05, 0.1) is 12.6 Å². The van der Waals surface area contributed by atoms with E-state index >= 15 is 0 Å². The summed E-state index contributed by atoms with van der Waals surface area (Å²) in [6.45, 7) is 4.13. The first-order chi connectivity index (χ1) is 9.16. The Morgan fingerprint density at radius 2 is 2.00 bits per heavy atom. The topological polar surface area (TPSA) is 61.4 Å². The predicted octanol–water partition coefficient (Wildman–Crippen LogP) is 0.533. The van der Waals surface area contributed by atoms with Gasteiger partial charge in [0, 0.05) is 12.0 Å². The van der Waals surface area contributed by atoms with Crippen molar-refractivity contribution in [1.82, 2.24) is 15.5 Å². The van der Waals surface area contributed by atoms with Crippen molar-refractivity contribution in [3.63, 3.8) is 0 Å². The van der Waals surface area contributed by atoms with Gasteiger partial charge in [-0.25, -0.2) is 0 Å². The second kappa shape index (κ2) is 6.31. The Morgan fingerprint density at radius 3 is 2.65 bits per heavy atom. The molecule has 3 atom stereocenters. The third-order valence-electron chi connectivity index (χ3n) is 4.98. The van der Waals surface area contributed by atoms with Gasteiger partial charge in [-0.05, 0) is 31.8 Å². The van der Waals surface area contributed by atoms with E-state index < -0.39 is 0 Å². The monoisotopic (exact) mass is 301 g/mol. The number of nitrogens with one attached hydrogen (secondary N) is 2. The van der Waals surface area contributed by atoms with Crippen LogP contribution in [-0.2, 0) is 9.59 Å². The van der Waals surface area contributed by atoms with Gasteiger partial charge in [0.2, 0.25) is 11.8 Å². The molecule has 3 aliphatic rings. The third-order valence-corrected chi connectivity index (χ3v) is 4.98. The summed E-state index contributed by atoms with van der Waals surface area (Å²) >= 11 is 0. The van der Waals surface area contributed by atoms with Crippen LogP contribution in [0.25, 0.3) is 0 Å². The molecule has 3 fully saturated rings. The molecule has 6 heteroatoms. The fourth-order valence-electron chi connectivity index (χ4n) is 3.55. The SMILES string of the molecule is CC(C(=O)N1CC(=O)NC2CCCCC21)C1CNC1.Cl. The number of fused-ring (bicyclic) bond motifs is 1. The lowest BCUT2D eigenvalue weighted by atomic mass is 9.84. The van der Waals surface area contributed by atoms with Crippen LogP contribution >= 0.6 is 12.4 Å². The molecule has 114 valence electrons. The van der Waals surface area contributed by atoms with Crippen LogP contribution in [0.3, 0.4) is 0 Å². The molecular weight excluding hydrogens is 278 g/mol. The van der Waals surface area contributed by atoms with Crippen molar-refractivity contribution in [3.8, 4) is 0 Å². The molecule has 20 heavy (non-hydrogen) atoms. The molecule has 1 saturated carbocycles. The number of hydrogen-bond acceptors (Lipinski definition) is 3. The summed E-state index contributed by atoms with van der Waals surface area (Å²) in [6.07, 6.45) is 4.37. The Hall–Kier alpha value is -0.810. The van der Waals surface area contributed by atoms with E-state index in [4.69, 9.17) is 0 Å². The van der Waals surface area contributed by atoms with E-state index in [0.717, 1.165) is 32.4 Å². The van der Waals surface area contributed by atoms with Gasteiger partial charge in [0.15, 0.2) is 0 Å². The minimum absolute atomic E-state index is 0. The molecule has 0 spiro atoms. The zero-order chi connectivity index (χ0) is 13.4. The smallest absolute Gasteiger partial charge is 0.239 e. The fraction of sp³-hybridized carbons (Fsp3) is 0.857. The first-order valence-corrected chi connectivity index (χ1v) is 7.47. The largest absolute Gasteiger partial charge is 0.350 e. The molecule has 5 nitrogen and oxygen atoms in total. The highest BCUT2D eigenvalue weighted by atomic mass is 35.5. The van der Waals surface area contributed by atoms with Crippen molar-refractivity contribution in [3.05, 3.63) is 0 Å². The lowest BCUT2D eigenvalue weighted by Gasteiger charge is -2.46. The molecular formula is C14H24ClN3O2. The van der Waals surface area contributed by atoms with Crippen molar-refractivity contribution in [1.29, 1.82) is 0 Å². The minimum atomic E-state index is 0. The normalized spacial score (nSPS) is 31.4. The molecule has 0 aromatic rings. The second-order valence-electron chi connectivity index (χ2n) is 6.20. The maximum absolute atomic E-state index is 12.7. The summed E-state index contributed by atoms with van der Waals surface area (Å²) in [5, 5.41) is 6.27. The van der Waals surface area contributed by atoms with E-state index in [-0.39, 0.29) is 48.8 Å². The quantitative estimate of drug-likeness (QED) is 0.782. The maximum Gasteiger partial charge on any atom is 0.239 e. The molecule has 2 saturated heterocycles. The number of nitrogens with zero attached hydrogens (tertiary/aromatic N) is 1. The Balaban J connectivity index is 0.00000147. The molecule has 3 unspecified atom stereocenters. The summed E-state index contributed by atoms with van der Waals surface area (Å²) in [6, 6.07) is 0.417. The average Bonchev–Trinajstić information content (AvgIpc) is 2.34. The van der Waals surface area contributed by atoms with Crippen LogP contribution in [0.5, 0.6) is 0 Å². The number of hydrogen-bond donors (Lipinski definition) is 2. The molecule has 1 aliphatic carbocycles. The number of piperazine rings is 1. The van der Waals surface area contributed by atoms with Crippen LogP contribution < -0.4 is 10.6 Å². The highest BCUT2D eigenvalue weighted by Crippen LogP contribution is 2.28. The predicted molar refractivity (Wildman–Crippen MR) is 78.7 cm³/mol. The van der Waals surface area contributed by atoms with E-state index in [1.165, 1.54) is 6.42 Å². The van der Waals surface area contributed by atoms with Crippen molar-refractivity contribution in [2.45, 2.75) is 44.7 Å². The Kier molecular flexibility index (Phi) is 4.91. The molecule has 2 N–H and O–H groups in total. The van der Waals surface area contributed by atoms with Gasteiger partial charge >= 0.3 is 0 Å².